The normalized spacial score (nSPS) is 6.82. The van der Waals surface area contributed by atoms with E-state index in [-0.39, 0.29) is 13.1 Å². The van der Waals surface area contributed by atoms with E-state index in [1.54, 1.807) is 0 Å². The monoisotopic (exact) mass is 238 g/mol. The zero-order valence-corrected chi connectivity index (χ0v) is 8.96. The molecule has 0 aromatic heterocycles. The molecule has 0 fully saturated rings. The highest BCUT2D eigenvalue weighted by Gasteiger charge is 1.79. The molecule has 0 N–H and O–H groups in total. The molecule has 8 nitrogen and oxygen atoms in total. The highest BCUT2D eigenvalue weighted by atomic mass is 16.1. The number of aliphatic imine (C=N–C) groups is 4. The zero-order chi connectivity index (χ0) is 13.2. The van der Waals surface area contributed by atoms with Crippen LogP contribution in [0.5, 0.6) is 0 Å². The Hall–Kier alpha value is -2.48. The van der Waals surface area contributed by atoms with E-state index in [0.29, 0.717) is 19.5 Å². The third kappa shape index (κ3) is 24.7. The number of hydrogen-bond donors (Lipinski definition) is 0. The second-order valence-corrected chi connectivity index (χ2v) is 2.25. The number of rotatable bonds is 7. The quantitative estimate of drug-likeness (QED) is 0.344. The summed E-state index contributed by atoms with van der Waals surface area (Å²) in [6, 6.07) is 0. The fraction of sp³-hybridized carbons (Fsp3) is 0.556. The average Bonchev–Trinajstić information content (AvgIpc) is 2.36. The van der Waals surface area contributed by atoms with E-state index in [9.17, 15) is 19.2 Å². The van der Waals surface area contributed by atoms with Crippen LogP contribution >= 0.6 is 0 Å². The Morgan fingerprint density at radius 3 is 1.12 bits per heavy atom. The van der Waals surface area contributed by atoms with E-state index >= 15 is 0 Å². The van der Waals surface area contributed by atoms with Crippen LogP contribution in [0.1, 0.15) is 6.42 Å². The smallest absolute Gasteiger partial charge is 0.211 e. The maximum absolute atomic E-state index is 9.44. The molecular formula is C9H10N4O4. The van der Waals surface area contributed by atoms with E-state index in [4.69, 9.17) is 0 Å². The predicted molar refractivity (Wildman–Crippen MR) is 56.6 cm³/mol. The Balaban J connectivity index is 0. The summed E-state index contributed by atoms with van der Waals surface area (Å²) in [5, 5.41) is 0. The van der Waals surface area contributed by atoms with Gasteiger partial charge in [0.25, 0.3) is 0 Å². The van der Waals surface area contributed by atoms with Crippen LogP contribution < -0.4 is 0 Å². The van der Waals surface area contributed by atoms with Crippen molar-refractivity contribution in [1.82, 2.24) is 0 Å². The van der Waals surface area contributed by atoms with Gasteiger partial charge < -0.3 is 0 Å². The molecule has 0 spiro atoms. The van der Waals surface area contributed by atoms with Gasteiger partial charge in [0.05, 0.1) is 26.2 Å². The number of nitrogens with zero attached hydrogens (tertiary/aromatic N) is 4. The molecule has 0 saturated carbocycles. The van der Waals surface area contributed by atoms with Crippen molar-refractivity contribution in [1.29, 1.82) is 0 Å². The van der Waals surface area contributed by atoms with Crippen molar-refractivity contribution < 1.29 is 19.2 Å². The summed E-state index contributed by atoms with van der Waals surface area (Å²) in [4.78, 5) is 50.3. The van der Waals surface area contributed by atoms with Crippen molar-refractivity contribution in [3.05, 3.63) is 0 Å². The van der Waals surface area contributed by atoms with E-state index in [1.807, 2.05) is 0 Å². The van der Waals surface area contributed by atoms with Gasteiger partial charge in [0, 0.05) is 0 Å². The van der Waals surface area contributed by atoms with Crippen molar-refractivity contribution in [2.75, 3.05) is 26.2 Å². The summed E-state index contributed by atoms with van der Waals surface area (Å²) < 4.78 is 0. The first kappa shape index (κ1) is 16.9. The SMILES string of the molecule is O=C=NCCCN=C=O.O=C=NCCN=C=O. The molecule has 90 valence electrons. The second kappa shape index (κ2) is 19.1. The van der Waals surface area contributed by atoms with Crippen molar-refractivity contribution in [3.8, 4) is 0 Å². The molecule has 0 aliphatic carbocycles. The third-order valence-corrected chi connectivity index (χ3v) is 1.12. The molecule has 0 heterocycles. The van der Waals surface area contributed by atoms with Gasteiger partial charge in [0.15, 0.2) is 0 Å². The maximum Gasteiger partial charge on any atom is 0.235 e. The summed E-state index contributed by atoms with van der Waals surface area (Å²) in [5.74, 6) is 0. The summed E-state index contributed by atoms with van der Waals surface area (Å²) in [5.41, 5.74) is 0. The van der Waals surface area contributed by atoms with Crippen molar-refractivity contribution in [3.63, 3.8) is 0 Å². The fourth-order valence-electron chi connectivity index (χ4n) is 0.511. The first-order valence-corrected chi connectivity index (χ1v) is 4.48. The minimum absolute atomic E-state index is 0.221. The lowest BCUT2D eigenvalue weighted by molar-refractivity contribution is 0.560. The Kier molecular flexibility index (Phi) is 19.1. The summed E-state index contributed by atoms with van der Waals surface area (Å²) in [6.45, 7) is 1.21. The molecule has 0 atom stereocenters. The number of hydrogen-bond acceptors (Lipinski definition) is 8. The van der Waals surface area contributed by atoms with Gasteiger partial charge >= 0.3 is 0 Å². The van der Waals surface area contributed by atoms with Crippen LogP contribution in [0.3, 0.4) is 0 Å². The maximum atomic E-state index is 9.44. The highest BCUT2D eigenvalue weighted by molar-refractivity contribution is 5.34. The number of isocyanates is 4. The summed E-state index contributed by atoms with van der Waals surface area (Å²) >= 11 is 0. The van der Waals surface area contributed by atoms with Gasteiger partial charge in [-0.1, -0.05) is 0 Å². The van der Waals surface area contributed by atoms with Crippen LogP contribution in [-0.4, -0.2) is 50.5 Å². The molecule has 0 rings (SSSR count). The van der Waals surface area contributed by atoms with Gasteiger partial charge in [-0.2, -0.15) is 0 Å². The second-order valence-electron chi connectivity index (χ2n) is 2.25. The number of carbonyl (C=O) groups excluding carboxylic acids is 4. The lowest BCUT2D eigenvalue weighted by atomic mass is 10.4. The van der Waals surface area contributed by atoms with Crippen LogP contribution in [-0.2, 0) is 19.2 Å². The summed E-state index contributed by atoms with van der Waals surface area (Å²) in [7, 11) is 0. The molecule has 0 aliphatic heterocycles. The van der Waals surface area contributed by atoms with E-state index < -0.39 is 0 Å². The molecule has 0 amide bonds. The third-order valence-electron chi connectivity index (χ3n) is 1.12. The Labute approximate surface area is 96.9 Å². The van der Waals surface area contributed by atoms with Gasteiger partial charge in [-0.15, -0.1) is 0 Å². The average molecular weight is 238 g/mol. The molecular weight excluding hydrogens is 228 g/mol. The Morgan fingerprint density at radius 1 is 0.529 bits per heavy atom. The Morgan fingerprint density at radius 2 is 0.824 bits per heavy atom. The summed E-state index contributed by atoms with van der Waals surface area (Å²) in [6.07, 6.45) is 5.98. The van der Waals surface area contributed by atoms with Gasteiger partial charge in [-0.05, 0) is 6.42 Å². The molecule has 0 bridgehead atoms. The molecule has 0 unspecified atom stereocenters. The molecule has 0 aromatic rings. The van der Waals surface area contributed by atoms with Crippen molar-refractivity contribution in [2.45, 2.75) is 6.42 Å². The van der Waals surface area contributed by atoms with Crippen LogP contribution in [0.4, 0.5) is 0 Å². The zero-order valence-electron chi connectivity index (χ0n) is 8.96. The predicted octanol–water partition coefficient (Wildman–Crippen LogP) is -0.294. The van der Waals surface area contributed by atoms with Gasteiger partial charge in [-0.25, -0.2) is 39.1 Å². The molecule has 0 aliphatic rings. The molecule has 8 heteroatoms. The van der Waals surface area contributed by atoms with E-state index in [2.05, 4.69) is 20.0 Å². The van der Waals surface area contributed by atoms with E-state index in [0.717, 1.165) is 0 Å². The van der Waals surface area contributed by atoms with Crippen molar-refractivity contribution in [2.24, 2.45) is 20.0 Å². The molecule has 0 radical (unpaired) electrons. The van der Waals surface area contributed by atoms with Crippen LogP contribution in [0, 0.1) is 0 Å². The van der Waals surface area contributed by atoms with Crippen LogP contribution in [0.2, 0.25) is 0 Å². The molecule has 17 heavy (non-hydrogen) atoms. The van der Waals surface area contributed by atoms with Crippen LogP contribution in [0.15, 0.2) is 20.0 Å². The lowest BCUT2D eigenvalue weighted by Gasteiger charge is -1.81. The Bertz CT molecular complexity index is 334. The lowest BCUT2D eigenvalue weighted by Crippen LogP contribution is -1.83. The van der Waals surface area contributed by atoms with Gasteiger partial charge in [0.2, 0.25) is 24.3 Å². The highest BCUT2D eigenvalue weighted by Crippen LogP contribution is 1.78. The first-order chi connectivity index (χ1) is 8.33. The molecule has 0 aromatic carbocycles. The standard InChI is InChI=1S/C5H6N2O2.C4H4N2O2/c8-4-6-2-1-3-7-5-9;7-3-5-1-2-6-4-8/h1-3H2;1-2H2. The largest absolute Gasteiger partial charge is 0.235 e. The van der Waals surface area contributed by atoms with Gasteiger partial charge in [-0.3, -0.25) is 0 Å². The van der Waals surface area contributed by atoms with Crippen LogP contribution in [0.25, 0.3) is 0 Å². The topological polar surface area (TPSA) is 118 Å². The minimum atomic E-state index is 0.221. The first-order valence-electron chi connectivity index (χ1n) is 4.48. The van der Waals surface area contributed by atoms with Gasteiger partial charge in [0.1, 0.15) is 0 Å². The van der Waals surface area contributed by atoms with Crippen molar-refractivity contribution >= 4 is 24.3 Å². The fourth-order valence-corrected chi connectivity index (χ4v) is 0.511. The molecule has 0 saturated heterocycles. The van der Waals surface area contributed by atoms with E-state index in [1.165, 1.54) is 24.3 Å². The minimum Gasteiger partial charge on any atom is -0.211 e.